The van der Waals surface area contributed by atoms with Crippen molar-refractivity contribution in [2.24, 2.45) is 0 Å². The first-order valence-corrected chi connectivity index (χ1v) is 13.0. The Balaban J connectivity index is 5.18. The van der Waals surface area contributed by atoms with E-state index in [9.17, 15) is 0 Å². The van der Waals surface area contributed by atoms with Gasteiger partial charge in [-0.05, 0) is 40.8 Å². The lowest BCUT2D eigenvalue weighted by Gasteiger charge is -2.43. The third kappa shape index (κ3) is 7.78. The smallest absolute Gasteiger partial charge is 0.377 e. The number of rotatable bonds is 16. The summed E-state index contributed by atoms with van der Waals surface area (Å²) in [5, 5.41) is 10.4. The van der Waals surface area contributed by atoms with Crippen molar-refractivity contribution in [3.8, 4) is 0 Å². The van der Waals surface area contributed by atoms with Crippen molar-refractivity contribution in [1.82, 2.24) is 16.0 Å². The molecule has 0 fully saturated rings. The van der Waals surface area contributed by atoms with Crippen LogP contribution in [-0.2, 0) is 26.6 Å². The van der Waals surface area contributed by atoms with E-state index >= 15 is 0 Å². The molecule has 0 amide bonds. The van der Waals surface area contributed by atoms with Crippen LogP contribution in [0.5, 0.6) is 0 Å². The molecule has 0 aromatic carbocycles. The minimum absolute atomic E-state index is 0.372. The van der Waals surface area contributed by atoms with Crippen LogP contribution in [0.15, 0.2) is 0 Å². The molecule has 0 spiro atoms. The fourth-order valence-electron chi connectivity index (χ4n) is 3.03. The minimum atomic E-state index is -2.65. The van der Waals surface area contributed by atoms with Gasteiger partial charge in [-0.25, -0.2) is 0 Å². The summed E-state index contributed by atoms with van der Waals surface area (Å²) in [4.78, 5) is 0. The first-order valence-electron chi connectivity index (χ1n) is 9.09. The number of hydrogen-bond donors (Lipinski definition) is 3. The van der Waals surface area contributed by atoms with Gasteiger partial charge in [0.25, 0.3) is 0 Å². The van der Waals surface area contributed by atoms with Crippen LogP contribution in [0.4, 0.5) is 0 Å². The zero-order valence-electron chi connectivity index (χ0n) is 18.8. The van der Waals surface area contributed by atoms with Crippen molar-refractivity contribution in [1.29, 1.82) is 0 Å². The Labute approximate surface area is 167 Å². The highest BCUT2D eigenvalue weighted by atomic mass is 28.4. The summed E-state index contributed by atoms with van der Waals surface area (Å²) < 4.78 is 33.3. The van der Waals surface area contributed by atoms with Gasteiger partial charge in [0.15, 0.2) is 0 Å². The fraction of sp³-hybridized carbons (Fsp3) is 1.00. The molecule has 2 unspecified atom stereocenters. The SMILES string of the molecule is CNC(C)(CC[Si](OC)(OC)OC)NC(C)(CC[Si](OC)(OC)OC)NC. The maximum Gasteiger partial charge on any atom is 0.500 e. The summed E-state index contributed by atoms with van der Waals surface area (Å²) in [5.41, 5.74) is -0.744. The van der Waals surface area contributed by atoms with E-state index in [2.05, 4.69) is 29.8 Å². The lowest BCUT2D eigenvalue weighted by Crippen LogP contribution is -2.67. The van der Waals surface area contributed by atoms with Gasteiger partial charge in [0, 0.05) is 54.7 Å². The average Bonchev–Trinajstić information content (AvgIpc) is 2.71. The highest BCUT2D eigenvalue weighted by Crippen LogP contribution is 2.25. The van der Waals surface area contributed by atoms with E-state index in [0.717, 1.165) is 12.8 Å². The van der Waals surface area contributed by atoms with E-state index in [1.807, 2.05) is 14.1 Å². The van der Waals surface area contributed by atoms with Crippen molar-refractivity contribution in [2.45, 2.75) is 50.1 Å². The molecule has 0 bridgehead atoms. The maximum atomic E-state index is 5.55. The van der Waals surface area contributed by atoms with Gasteiger partial charge in [-0.3, -0.25) is 5.32 Å². The van der Waals surface area contributed by atoms with Crippen LogP contribution in [0.1, 0.15) is 26.7 Å². The Morgan fingerprint density at radius 3 is 1.04 bits per heavy atom. The molecular weight excluding hydrogens is 386 g/mol. The van der Waals surface area contributed by atoms with E-state index < -0.39 is 17.6 Å². The van der Waals surface area contributed by atoms with Crippen LogP contribution < -0.4 is 16.0 Å². The Bertz CT molecular complexity index is 363. The van der Waals surface area contributed by atoms with Gasteiger partial charge in [0.2, 0.25) is 0 Å². The topological polar surface area (TPSA) is 91.5 Å². The molecule has 27 heavy (non-hydrogen) atoms. The molecule has 11 heteroatoms. The predicted octanol–water partition coefficient (Wildman–Crippen LogP) is 0.984. The van der Waals surface area contributed by atoms with Crippen LogP contribution in [0.25, 0.3) is 0 Å². The van der Waals surface area contributed by atoms with E-state index in [-0.39, 0.29) is 11.3 Å². The van der Waals surface area contributed by atoms with E-state index in [4.69, 9.17) is 26.6 Å². The van der Waals surface area contributed by atoms with Crippen molar-refractivity contribution in [3.63, 3.8) is 0 Å². The van der Waals surface area contributed by atoms with Gasteiger partial charge in [0.05, 0.1) is 11.3 Å². The molecule has 164 valence electrons. The molecule has 0 saturated heterocycles. The second kappa shape index (κ2) is 11.9. The lowest BCUT2D eigenvalue weighted by molar-refractivity contribution is 0.104. The molecule has 0 rings (SSSR count). The van der Waals surface area contributed by atoms with Gasteiger partial charge >= 0.3 is 17.6 Å². The first kappa shape index (κ1) is 27.1. The standard InChI is InChI=1S/C16H41N3O6Si2/c1-15(17-3,11-13-26(20-5,21-6)22-7)19-16(2,18-4)12-14-27(23-8,24-9)25-10/h17-19H,11-14H2,1-10H3. The van der Waals surface area contributed by atoms with Crippen LogP contribution in [-0.4, -0.2) is 85.7 Å². The molecule has 0 aliphatic heterocycles. The quantitative estimate of drug-likeness (QED) is 0.246. The van der Waals surface area contributed by atoms with Gasteiger partial charge in [-0.15, -0.1) is 0 Å². The Morgan fingerprint density at radius 2 is 0.852 bits per heavy atom. The van der Waals surface area contributed by atoms with Crippen LogP contribution in [0, 0.1) is 0 Å². The molecular formula is C16H41N3O6Si2. The summed E-state index contributed by atoms with van der Waals surface area (Å²) in [6.45, 7) is 4.22. The van der Waals surface area contributed by atoms with Crippen LogP contribution in [0.3, 0.4) is 0 Å². The molecule has 0 radical (unpaired) electrons. The molecule has 0 aliphatic carbocycles. The fourth-order valence-corrected chi connectivity index (χ4v) is 6.86. The Morgan fingerprint density at radius 1 is 0.593 bits per heavy atom. The molecule has 0 aromatic heterocycles. The number of hydrogen-bond acceptors (Lipinski definition) is 9. The highest BCUT2D eigenvalue weighted by Gasteiger charge is 2.44. The largest absolute Gasteiger partial charge is 0.500 e. The zero-order chi connectivity index (χ0) is 21.2. The summed E-state index contributed by atoms with van der Waals surface area (Å²) >= 11 is 0. The van der Waals surface area contributed by atoms with Gasteiger partial charge in [-0.1, -0.05) is 0 Å². The monoisotopic (exact) mass is 427 g/mol. The summed E-state index contributed by atoms with van der Waals surface area (Å²) in [7, 11) is 8.34. The first-order chi connectivity index (χ1) is 12.6. The van der Waals surface area contributed by atoms with E-state index in [0.29, 0.717) is 12.1 Å². The van der Waals surface area contributed by atoms with Gasteiger partial charge < -0.3 is 37.2 Å². The second-order valence-corrected chi connectivity index (χ2v) is 13.1. The van der Waals surface area contributed by atoms with Crippen LogP contribution >= 0.6 is 0 Å². The van der Waals surface area contributed by atoms with E-state index in [1.165, 1.54) is 0 Å². The van der Waals surface area contributed by atoms with Crippen LogP contribution in [0.2, 0.25) is 12.1 Å². The normalized spacial score (nSPS) is 17.6. The number of nitrogens with one attached hydrogen (secondary N) is 3. The van der Waals surface area contributed by atoms with Gasteiger partial charge in [-0.2, -0.15) is 0 Å². The summed E-state index contributed by atoms with van der Waals surface area (Å²) in [6.07, 6.45) is 1.51. The third-order valence-electron chi connectivity index (χ3n) is 5.38. The Kier molecular flexibility index (Phi) is 12.0. The lowest BCUT2D eigenvalue weighted by atomic mass is 10.0. The van der Waals surface area contributed by atoms with Crippen molar-refractivity contribution in [3.05, 3.63) is 0 Å². The van der Waals surface area contributed by atoms with Crippen molar-refractivity contribution >= 4 is 17.6 Å². The summed E-state index contributed by atoms with van der Waals surface area (Å²) in [5.74, 6) is 0. The molecule has 9 nitrogen and oxygen atoms in total. The van der Waals surface area contributed by atoms with Crippen molar-refractivity contribution < 1.29 is 26.6 Å². The highest BCUT2D eigenvalue weighted by molar-refractivity contribution is 6.60. The molecule has 2 atom stereocenters. The Hall–Kier alpha value is 0.0738. The molecule has 0 heterocycles. The summed E-state index contributed by atoms with van der Waals surface area (Å²) in [6, 6.07) is 1.35. The van der Waals surface area contributed by atoms with E-state index in [1.54, 1.807) is 42.7 Å². The van der Waals surface area contributed by atoms with Gasteiger partial charge in [0.1, 0.15) is 0 Å². The average molecular weight is 428 g/mol. The zero-order valence-corrected chi connectivity index (χ0v) is 20.8. The maximum absolute atomic E-state index is 5.55. The molecule has 0 aliphatic rings. The molecule has 0 aromatic rings. The predicted molar refractivity (Wildman–Crippen MR) is 110 cm³/mol. The third-order valence-corrected chi connectivity index (χ3v) is 10.8. The molecule has 0 saturated carbocycles. The minimum Gasteiger partial charge on any atom is -0.377 e. The molecule has 3 N–H and O–H groups in total. The second-order valence-electron chi connectivity index (χ2n) is 6.88. The van der Waals surface area contributed by atoms with Crippen molar-refractivity contribution in [2.75, 3.05) is 56.8 Å².